The normalized spacial score (nSPS) is 10.1. The zero-order chi connectivity index (χ0) is 13.8. The largest absolute Gasteiger partial charge is 0.475 e. The molecule has 0 atom stereocenters. The van der Waals surface area contributed by atoms with Crippen LogP contribution in [0.1, 0.15) is 16.1 Å². The number of rotatable bonds is 4. The fourth-order valence-electron chi connectivity index (χ4n) is 1.47. The zero-order valence-electron chi connectivity index (χ0n) is 9.91. The summed E-state index contributed by atoms with van der Waals surface area (Å²) in [6, 6.07) is 10.7. The molecule has 0 aliphatic rings. The summed E-state index contributed by atoms with van der Waals surface area (Å²) in [6.45, 7) is 0. The van der Waals surface area contributed by atoms with Crippen LogP contribution in [0.2, 0.25) is 0 Å². The lowest BCUT2D eigenvalue weighted by Gasteiger charge is -2.05. The smallest absolute Gasteiger partial charge is 0.371 e. The average Bonchev–Trinajstić information content (AvgIpc) is 2.87. The Bertz CT molecular complexity index is 658. The summed E-state index contributed by atoms with van der Waals surface area (Å²) in [5.74, 6) is -1.22. The van der Waals surface area contributed by atoms with E-state index in [1.807, 2.05) is 24.5 Å². The van der Waals surface area contributed by atoms with Crippen LogP contribution in [0.4, 0.5) is 0 Å². The molecule has 0 aliphatic heterocycles. The zero-order valence-corrected chi connectivity index (χ0v) is 11.5. The molecule has 4 nitrogen and oxygen atoms in total. The second kappa shape index (κ2) is 5.87. The van der Waals surface area contributed by atoms with Crippen LogP contribution >= 0.6 is 23.5 Å². The monoisotopic (exact) mass is 291 g/mol. The molecule has 0 amide bonds. The number of hydrogen-bond donors (Lipinski definition) is 1. The van der Waals surface area contributed by atoms with E-state index in [0.717, 1.165) is 9.79 Å². The SMILES string of the molecule is CSc1cccc(Sc2ccc(C(=O)O)o2)c1C#N. The Morgan fingerprint density at radius 3 is 2.63 bits per heavy atom. The van der Waals surface area contributed by atoms with Gasteiger partial charge in [0, 0.05) is 9.79 Å². The number of furan rings is 1. The minimum atomic E-state index is -1.11. The van der Waals surface area contributed by atoms with Crippen LogP contribution < -0.4 is 0 Å². The molecule has 2 aromatic rings. The quantitative estimate of drug-likeness (QED) is 0.865. The predicted octanol–water partition coefficient (Wildman–Crippen LogP) is 3.72. The van der Waals surface area contributed by atoms with E-state index in [2.05, 4.69) is 6.07 Å². The fraction of sp³-hybridized carbons (Fsp3) is 0.0769. The Balaban J connectivity index is 2.33. The van der Waals surface area contributed by atoms with Gasteiger partial charge in [-0.05, 0) is 30.5 Å². The van der Waals surface area contributed by atoms with Crippen LogP contribution in [0.15, 0.2) is 49.6 Å². The second-order valence-electron chi connectivity index (χ2n) is 3.47. The van der Waals surface area contributed by atoms with Crippen LogP contribution in [-0.4, -0.2) is 17.3 Å². The maximum atomic E-state index is 10.7. The molecule has 1 aromatic carbocycles. The lowest BCUT2D eigenvalue weighted by Crippen LogP contribution is -1.91. The maximum Gasteiger partial charge on any atom is 0.371 e. The highest BCUT2D eigenvalue weighted by molar-refractivity contribution is 7.99. The number of benzene rings is 1. The van der Waals surface area contributed by atoms with E-state index in [9.17, 15) is 10.1 Å². The Morgan fingerprint density at radius 2 is 2.05 bits per heavy atom. The second-order valence-corrected chi connectivity index (χ2v) is 5.37. The van der Waals surface area contributed by atoms with Gasteiger partial charge in [-0.2, -0.15) is 5.26 Å². The van der Waals surface area contributed by atoms with Gasteiger partial charge in [0.05, 0.1) is 5.56 Å². The summed E-state index contributed by atoms with van der Waals surface area (Å²) in [7, 11) is 0. The minimum Gasteiger partial charge on any atom is -0.475 e. The molecule has 6 heteroatoms. The molecular weight excluding hydrogens is 282 g/mol. The van der Waals surface area contributed by atoms with Crippen LogP contribution in [0.25, 0.3) is 0 Å². The van der Waals surface area contributed by atoms with E-state index < -0.39 is 5.97 Å². The molecule has 1 N–H and O–H groups in total. The highest BCUT2D eigenvalue weighted by Gasteiger charge is 2.13. The van der Waals surface area contributed by atoms with E-state index in [4.69, 9.17) is 9.52 Å². The molecule has 0 aliphatic carbocycles. The Morgan fingerprint density at radius 1 is 1.32 bits per heavy atom. The van der Waals surface area contributed by atoms with E-state index in [1.165, 1.54) is 29.6 Å². The summed E-state index contributed by atoms with van der Waals surface area (Å²) in [4.78, 5) is 12.4. The van der Waals surface area contributed by atoms with Gasteiger partial charge in [0.1, 0.15) is 6.07 Å². The number of thioether (sulfide) groups is 1. The highest BCUT2D eigenvalue weighted by atomic mass is 32.2. The molecule has 19 heavy (non-hydrogen) atoms. The first-order valence-electron chi connectivity index (χ1n) is 5.23. The van der Waals surface area contributed by atoms with Crippen molar-refractivity contribution in [1.82, 2.24) is 0 Å². The van der Waals surface area contributed by atoms with E-state index >= 15 is 0 Å². The van der Waals surface area contributed by atoms with Crippen molar-refractivity contribution >= 4 is 29.5 Å². The fourth-order valence-corrected chi connectivity index (χ4v) is 3.00. The summed E-state index contributed by atoms with van der Waals surface area (Å²) in [5, 5.41) is 18.4. The van der Waals surface area contributed by atoms with Crippen LogP contribution in [-0.2, 0) is 0 Å². The predicted molar refractivity (Wildman–Crippen MR) is 72.7 cm³/mol. The molecule has 96 valence electrons. The molecule has 0 saturated heterocycles. The van der Waals surface area contributed by atoms with Crippen LogP contribution in [0, 0.1) is 11.3 Å². The van der Waals surface area contributed by atoms with Gasteiger partial charge in [-0.15, -0.1) is 11.8 Å². The Kier molecular flexibility index (Phi) is 4.20. The van der Waals surface area contributed by atoms with Gasteiger partial charge in [-0.25, -0.2) is 4.79 Å². The van der Waals surface area contributed by atoms with Gasteiger partial charge in [-0.3, -0.25) is 0 Å². The van der Waals surface area contributed by atoms with Crippen molar-refractivity contribution in [2.45, 2.75) is 14.9 Å². The number of nitriles is 1. The van der Waals surface area contributed by atoms with Crippen molar-refractivity contribution in [2.75, 3.05) is 6.26 Å². The van der Waals surface area contributed by atoms with Crippen molar-refractivity contribution in [1.29, 1.82) is 5.26 Å². The molecule has 1 heterocycles. The lowest BCUT2D eigenvalue weighted by molar-refractivity contribution is 0.0656. The standard InChI is InChI=1S/C13H9NO3S2/c1-18-10-3-2-4-11(8(10)7-14)19-12-6-5-9(17-12)13(15)16/h2-6H,1H3,(H,15,16). The number of aromatic carboxylic acids is 1. The van der Waals surface area contributed by atoms with Crippen LogP contribution in [0.5, 0.6) is 0 Å². The van der Waals surface area contributed by atoms with Crippen molar-refractivity contribution in [3.05, 3.63) is 41.7 Å². The molecule has 0 unspecified atom stereocenters. The van der Waals surface area contributed by atoms with Crippen molar-refractivity contribution in [3.63, 3.8) is 0 Å². The Hall–Kier alpha value is -1.84. The first-order valence-corrected chi connectivity index (χ1v) is 7.28. The molecule has 0 spiro atoms. The van der Waals surface area contributed by atoms with Gasteiger partial charge in [-0.1, -0.05) is 17.8 Å². The van der Waals surface area contributed by atoms with E-state index in [-0.39, 0.29) is 5.76 Å². The molecule has 0 bridgehead atoms. The summed E-state index contributed by atoms with van der Waals surface area (Å²) in [6.07, 6.45) is 1.90. The first-order chi connectivity index (χ1) is 9.15. The third-order valence-corrected chi connectivity index (χ3v) is 4.08. The van der Waals surface area contributed by atoms with Crippen LogP contribution in [0.3, 0.4) is 0 Å². The van der Waals surface area contributed by atoms with Gasteiger partial charge in [0.2, 0.25) is 5.76 Å². The molecular formula is C13H9NO3S2. The highest BCUT2D eigenvalue weighted by Crippen LogP contribution is 2.35. The lowest BCUT2D eigenvalue weighted by atomic mass is 10.2. The first kappa shape index (κ1) is 13.6. The topological polar surface area (TPSA) is 74.2 Å². The minimum absolute atomic E-state index is 0.109. The summed E-state index contributed by atoms with van der Waals surface area (Å²) >= 11 is 2.74. The third-order valence-electron chi connectivity index (χ3n) is 2.32. The van der Waals surface area contributed by atoms with E-state index in [1.54, 1.807) is 6.07 Å². The summed E-state index contributed by atoms with van der Waals surface area (Å²) in [5.41, 5.74) is 0.577. The number of hydrogen-bond acceptors (Lipinski definition) is 5. The number of carbonyl (C=O) groups is 1. The molecule has 0 radical (unpaired) electrons. The third kappa shape index (κ3) is 2.95. The van der Waals surface area contributed by atoms with Gasteiger partial charge >= 0.3 is 5.97 Å². The summed E-state index contributed by atoms with van der Waals surface area (Å²) < 4.78 is 5.17. The molecule has 0 saturated carbocycles. The maximum absolute atomic E-state index is 10.7. The number of carboxylic acid groups (broad SMARTS) is 1. The van der Waals surface area contributed by atoms with Gasteiger partial charge in [0.25, 0.3) is 0 Å². The van der Waals surface area contributed by atoms with E-state index in [0.29, 0.717) is 10.7 Å². The molecule has 2 rings (SSSR count). The average molecular weight is 291 g/mol. The molecule has 0 fully saturated rings. The van der Waals surface area contributed by atoms with Crippen molar-refractivity contribution < 1.29 is 14.3 Å². The molecule has 1 aromatic heterocycles. The van der Waals surface area contributed by atoms with Gasteiger partial charge in [0.15, 0.2) is 5.09 Å². The van der Waals surface area contributed by atoms with Crippen molar-refractivity contribution in [2.24, 2.45) is 0 Å². The van der Waals surface area contributed by atoms with Crippen molar-refractivity contribution in [3.8, 4) is 6.07 Å². The Labute approximate surface area is 118 Å². The van der Waals surface area contributed by atoms with Gasteiger partial charge < -0.3 is 9.52 Å². The number of nitrogens with zero attached hydrogens (tertiary/aromatic N) is 1. The number of carboxylic acids is 1.